The zero-order valence-electron chi connectivity index (χ0n) is 10.9. The molecule has 2 rings (SSSR count). The molecule has 7 heteroatoms. The van der Waals surface area contributed by atoms with Gasteiger partial charge in [-0.3, -0.25) is 0 Å². The van der Waals surface area contributed by atoms with Crippen LogP contribution in [-0.2, 0) is 10.1 Å². The van der Waals surface area contributed by atoms with Gasteiger partial charge < -0.3 is 4.18 Å². The molecule has 0 fully saturated rings. The molecular weight excluding hydrogens is 305 g/mol. The van der Waals surface area contributed by atoms with Crippen molar-refractivity contribution < 1.29 is 25.8 Å². The van der Waals surface area contributed by atoms with E-state index in [-0.39, 0.29) is 11.3 Å². The van der Waals surface area contributed by atoms with Crippen molar-refractivity contribution in [1.82, 2.24) is 0 Å². The zero-order chi connectivity index (χ0) is 15.8. The average molecular weight is 316 g/mol. The van der Waals surface area contributed by atoms with Crippen LogP contribution in [0.4, 0.5) is 13.2 Å². The summed E-state index contributed by atoms with van der Waals surface area (Å²) in [5.74, 6) is -0.360. The third kappa shape index (κ3) is 2.73. The van der Waals surface area contributed by atoms with Gasteiger partial charge in [-0.05, 0) is 23.8 Å². The Labute approximate surface area is 119 Å². The number of rotatable bonds is 3. The van der Waals surface area contributed by atoms with Gasteiger partial charge in [-0.2, -0.15) is 21.6 Å². The molecule has 0 atom stereocenters. The molecule has 0 aliphatic heterocycles. The van der Waals surface area contributed by atoms with Gasteiger partial charge in [0.1, 0.15) is 0 Å². The molecule has 0 saturated heterocycles. The first-order valence-corrected chi connectivity index (χ1v) is 7.24. The summed E-state index contributed by atoms with van der Waals surface area (Å²) in [5, 5.41) is 1.36. The molecule has 0 saturated carbocycles. The van der Waals surface area contributed by atoms with E-state index in [9.17, 15) is 21.6 Å². The normalized spacial score (nSPS) is 12.4. The Bertz CT molecular complexity index is 808. The first-order chi connectivity index (χ1) is 9.67. The van der Waals surface area contributed by atoms with E-state index in [1.165, 1.54) is 19.1 Å². The molecule has 0 heterocycles. The lowest BCUT2D eigenvalue weighted by molar-refractivity contribution is -0.0500. The van der Waals surface area contributed by atoms with Crippen LogP contribution in [0.25, 0.3) is 16.8 Å². The molecule has 3 nitrogen and oxygen atoms in total. The Kier molecular flexibility index (Phi) is 3.71. The van der Waals surface area contributed by atoms with Gasteiger partial charge >= 0.3 is 15.6 Å². The summed E-state index contributed by atoms with van der Waals surface area (Å²) in [5.41, 5.74) is -5.00. The summed E-state index contributed by atoms with van der Waals surface area (Å²) in [7, 11) is -5.72. The molecule has 0 radical (unpaired) electrons. The molecule has 0 unspecified atom stereocenters. The lowest BCUT2D eigenvalue weighted by Crippen LogP contribution is -2.28. The van der Waals surface area contributed by atoms with Crippen molar-refractivity contribution in [1.29, 1.82) is 0 Å². The molecule has 0 aromatic heterocycles. The minimum Gasteiger partial charge on any atom is -0.375 e. The Morgan fingerprint density at radius 3 is 2.43 bits per heavy atom. The number of hydrogen-bond donors (Lipinski definition) is 0. The topological polar surface area (TPSA) is 43.4 Å². The van der Waals surface area contributed by atoms with E-state index < -0.39 is 15.6 Å². The summed E-state index contributed by atoms with van der Waals surface area (Å²) < 4.78 is 64.1. The second-order valence-electron chi connectivity index (χ2n) is 4.33. The van der Waals surface area contributed by atoms with E-state index in [0.717, 1.165) is 5.39 Å². The van der Waals surface area contributed by atoms with E-state index in [0.29, 0.717) is 10.9 Å². The van der Waals surface area contributed by atoms with Crippen molar-refractivity contribution >= 4 is 27.0 Å². The fourth-order valence-corrected chi connectivity index (χ4v) is 2.49. The van der Waals surface area contributed by atoms with E-state index >= 15 is 0 Å². The molecular formula is C14H11F3O3S. The molecule has 0 aliphatic carbocycles. The minimum atomic E-state index is -5.72. The van der Waals surface area contributed by atoms with Crippen LogP contribution in [0.15, 0.2) is 36.9 Å². The number of hydrogen-bond acceptors (Lipinski definition) is 3. The Balaban J connectivity index is 2.69. The fourth-order valence-electron chi connectivity index (χ4n) is 1.96. The molecule has 2 aromatic carbocycles. The first kappa shape index (κ1) is 15.4. The molecule has 0 N–H and O–H groups in total. The van der Waals surface area contributed by atoms with Gasteiger partial charge in [0.2, 0.25) is 0 Å². The second kappa shape index (κ2) is 5.07. The maximum absolute atomic E-state index is 12.5. The van der Waals surface area contributed by atoms with Crippen molar-refractivity contribution in [2.75, 3.05) is 0 Å². The van der Waals surface area contributed by atoms with Crippen molar-refractivity contribution in [3.05, 3.63) is 48.0 Å². The summed E-state index contributed by atoms with van der Waals surface area (Å²) in [6, 6.07) is 8.42. The van der Waals surface area contributed by atoms with Crippen molar-refractivity contribution in [3.8, 4) is 5.75 Å². The van der Waals surface area contributed by atoms with Crippen molar-refractivity contribution in [3.63, 3.8) is 0 Å². The fraction of sp³-hybridized carbons (Fsp3) is 0.143. The maximum Gasteiger partial charge on any atom is 0.534 e. The summed E-state index contributed by atoms with van der Waals surface area (Å²) >= 11 is 0. The van der Waals surface area contributed by atoms with Crippen molar-refractivity contribution in [2.45, 2.75) is 12.4 Å². The second-order valence-corrected chi connectivity index (χ2v) is 5.87. The average Bonchev–Trinajstić information content (AvgIpc) is 2.40. The third-order valence-electron chi connectivity index (χ3n) is 2.98. The van der Waals surface area contributed by atoms with Crippen LogP contribution >= 0.6 is 0 Å². The van der Waals surface area contributed by atoms with Gasteiger partial charge in [-0.25, -0.2) is 0 Å². The smallest absolute Gasteiger partial charge is 0.375 e. The summed E-state index contributed by atoms with van der Waals surface area (Å²) in [6.45, 7) is 4.97. The van der Waals surface area contributed by atoms with Crippen molar-refractivity contribution in [2.24, 2.45) is 0 Å². The molecule has 0 bridgehead atoms. The van der Waals surface area contributed by atoms with E-state index in [4.69, 9.17) is 0 Å². The van der Waals surface area contributed by atoms with Gasteiger partial charge in [0.25, 0.3) is 0 Å². The highest BCUT2D eigenvalue weighted by atomic mass is 32.2. The number of aryl methyl sites for hydroxylation is 1. The van der Waals surface area contributed by atoms with Crippen LogP contribution in [0.5, 0.6) is 5.75 Å². The maximum atomic E-state index is 12.5. The monoisotopic (exact) mass is 316 g/mol. The largest absolute Gasteiger partial charge is 0.534 e. The quantitative estimate of drug-likeness (QED) is 0.634. The van der Waals surface area contributed by atoms with Crippen LogP contribution in [0.3, 0.4) is 0 Å². The molecule has 0 amide bonds. The first-order valence-electron chi connectivity index (χ1n) is 5.83. The van der Waals surface area contributed by atoms with Gasteiger partial charge in [0.15, 0.2) is 5.75 Å². The third-order valence-corrected chi connectivity index (χ3v) is 3.93. The number of benzene rings is 2. The van der Waals surface area contributed by atoms with Crippen LogP contribution in [-0.4, -0.2) is 13.9 Å². The number of halogens is 3. The minimum absolute atomic E-state index is 0.180. The van der Waals surface area contributed by atoms with E-state index in [1.807, 2.05) is 0 Å². The Morgan fingerprint density at radius 1 is 1.24 bits per heavy atom. The van der Waals surface area contributed by atoms with Gasteiger partial charge in [0.05, 0.1) is 0 Å². The van der Waals surface area contributed by atoms with Crippen LogP contribution < -0.4 is 4.18 Å². The SMILES string of the molecule is C=Cc1cc2ccccc2c(C)c1OS(=O)(=O)C(F)(F)F. The highest BCUT2D eigenvalue weighted by Crippen LogP contribution is 2.36. The number of alkyl halides is 3. The Hall–Kier alpha value is -2.02. The van der Waals surface area contributed by atoms with E-state index in [2.05, 4.69) is 10.8 Å². The molecule has 21 heavy (non-hydrogen) atoms. The van der Waals surface area contributed by atoms with Gasteiger partial charge in [0, 0.05) is 11.1 Å². The summed E-state index contributed by atoms with van der Waals surface area (Å²) in [6.07, 6.45) is 1.25. The zero-order valence-corrected chi connectivity index (χ0v) is 11.8. The molecule has 0 spiro atoms. The lowest BCUT2D eigenvalue weighted by Gasteiger charge is -2.15. The van der Waals surface area contributed by atoms with Crippen LogP contribution in [0.2, 0.25) is 0 Å². The van der Waals surface area contributed by atoms with Gasteiger partial charge in [-0.15, -0.1) is 0 Å². The lowest BCUT2D eigenvalue weighted by atomic mass is 10.0. The van der Waals surface area contributed by atoms with Crippen LogP contribution in [0.1, 0.15) is 11.1 Å². The highest BCUT2D eigenvalue weighted by molar-refractivity contribution is 7.88. The summed E-state index contributed by atoms with van der Waals surface area (Å²) in [4.78, 5) is 0. The Morgan fingerprint density at radius 2 is 1.86 bits per heavy atom. The molecule has 2 aromatic rings. The van der Waals surface area contributed by atoms with Gasteiger partial charge in [-0.1, -0.05) is 36.9 Å². The highest BCUT2D eigenvalue weighted by Gasteiger charge is 2.49. The van der Waals surface area contributed by atoms with E-state index in [1.54, 1.807) is 24.3 Å². The number of fused-ring (bicyclic) bond motifs is 1. The molecule has 0 aliphatic rings. The predicted octanol–water partition coefficient (Wildman–Crippen LogP) is 4.02. The standard InChI is InChI=1S/C14H11F3O3S/c1-3-10-8-11-6-4-5-7-12(11)9(2)13(10)20-21(18,19)14(15,16)17/h3-8H,1H2,2H3. The van der Waals surface area contributed by atoms with Crippen LogP contribution in [0, 0.1) is 6.92 Å². The molecule has 112 valence electrons. The predicted molar refractivity (Wildman–Crippen MR) is 74.4 cm³/mol.